The van der Waals surface area contributed by atoms with Crippen molar-refractivity contribution in [1.82, 2.24) is 23.5 Å². The molecule has 2 fully saturated rings. The summed E-state index contributed by atoms with van der Waals surface area (Å²) in [5.74, 6) is -17.5. The second kappa shape index (κ2) is 14.0. The zero-order valence-electron chi connectivity index (χ0n) is 32.3. The number of hydrogen-bond donors (Lipinski definition) is 1. The largest absolute Gasteiger partial charge is 0.507 e. The van der Waals surface area contributed by atoms with Crippen LogP contribution in [-0.4, -0.2) is 64.4 Å². The molecule has 62 heavy (non-hydrogen) atoms. The first-order valence-corrected chi connectivity index (χ1v) is 19.4. The van der Waals surface area contributed by atoms with Crippen molar-refractivity contribution in [1.29, 1.82) is 0 Å². The Morgan fingerprint density at radius 3 is 2.18 bits per heavy atom. The molecule has 2 amide bonds. The van der Waals surface area contributed by atoms with Crippen LogP contribution in [0.5, 0.6) is 17.2 Å². The van der Waals surface area contributed by atoms with E-state index in [0.29, 0.717) is 27.9 Å². The molecule has 0 bridgehead atoms. The predicted octanol–water partition coefficient (Wildman–Crippen LogP) is 5.07. The van der Waals surface area contributed by atoms with Crippen molar-refractivity contribution >= 4 is 62.5 Å². The number of imide groups is 1. The molecule has 1 N–H and O–H groups in total. The normalized spacial score (nSPS) is 21.9. The monoisotopic (exact) mass is 898 g/mol. The molecule has 2 aliphatic heterocycles. The van der Waals surface area contributed by atoms with Gasteiger partial charge in [0.25, 0.3) is 17.4 Å². The van der Waals surface area contributed by atoms with E-state index in [-0.39, 0.29) is 46.6 Å². The first-order chi connectivity index (χ1) is 29.4. The van der Waals surface area contributed by atoms with Crippen LogP contribution in [0, 0.1) is 29.1 Å². The van der Waals surface area contributed by atoms with E-state index in [0.717, 1.165) is 13.9 Å². The van der Waals surface area contributed by atoms with Gasteiger partial charge in [-0.2, -0.15) is 0 Å². The Morgan fingerprint density at radius 1 is 0.855 bits per heavy atom. The van der Waals surface area contributed by atoms with Crippen LogP contribution in [-0.2, 0) is 36.1 Å². The third kappa shape index (κ3) is 5.26. The maximum Gasteiger partial charge on any atom is 0.347 e. The summed E-state index contributed by atoms with van der Waals surface area (Å²) in [6.45, 7) is -0.749. The number of ether oxygens (including phenoxy) is 2. The van der Waals surface area contributed by atoms with Crippen LogP contribution in [0.15, 0.2) is 74.6 Å². The van der Waals surface area contributed by atoms with Gasteiger partial charge in [0, 0.05) is 55.4 Å². The fraction of sp³-hybridized carbons (Fsp3) is 0.268. The number of halogens is 7. The van der Waals surface area contributed by atoms with Gasteiger partial charge in [-0.1, -0.05) is 42.5 Å². The maximum atomic E-state index is 15.4. The van der Waals surface area contributed by atoms with Crippen molar-refractivity contribution in [2.75, 3.05) is 19.1 Å². The Bertz CT molecular complexity index is 3210. The van der Waals surface area contributed by atoms with Gasteiger partial charge in [-0.3, -0.25) is 14.4 Å². The highest BCUT2D eigenvalue weighted by Crippen LogP contribution is 2.65. The van der Waals surface area contributed by atoms with Crippen molar-refractivity contribution in [2.24, 2.45) is 7.05 Å². The summed E-state index contributed by atoms with van der Waals surface area (Å²) in [4.78, 5) is 69.6. The zero-order chi connectivity index (χ0) is 44.5. The number of fused-ring (bicyclic) bond motifs is 6. The molecular weight excluding hydrogens is 870 g/mol. The number of methoxy groups -OCH3 is 2. The number of anilines is 1. The van der Waals surface area contributed by atoms with Crippen molar-refractivity contribution in [3.05, 3.63) is 132 Å². The molecule has 1 saturated heterocycles. The lowest BCUT2D eigenvalue weighted by Crippen LogP contribution is -2.59. The zero-order valence-corrected chi connectivity index (χ0v) is 33.8. The summed E-state index contributed by atoms with van der Waals surface area (Å²) in [7, 11) is 4.35. The number of aryl methyl sites for hydroxylation is 2. The molecule has 0 spiro atoms. The minimum absolute atomic E-state index is 0.0223. The molecule has 9 rings (SSSR count). The van der Waals surface area contributed by atoms with Crippen LogP contribution < -0.4 is 31.3 Å². The van der Waals surface area contributed by atoms with Gasteiger partial charge in [0.2, 0.25) is 5.82 Å². The van der Waals surface area contributed by atoms with E-state index >= 15 is 8.78 Å². The van der Waals surface area contributed by atoms with Gasteiger partial charge < -0.3 is 19.1 Å². The number of benzene rings is 4. The number of carbonyl (C=O) groups is 2. The second-order valence-corrected chi connectivity index (χ2v) is 16.2. The lowest BCUT2D eigenvalue weighted by atomic mass is 9.64. The first kappa shape index (κ1) is 40.9. The Balaban J connectivity index is 1.19. The number of rotatable bonds is 7. The van der Waals surface area contributed by atoms with E-state index in [2.05, 4.69) is 4.98 Å². The Labute approximate surface area is 354 Å². The molecule has 21 heteroatoms. The summed E-state index contributed by atoms with van der Waals surface area (Å²) in [5, 5.41) is 12.5. The molecule has 320 valence electrons. The summed E-state index contributed by atoms with van der Waals surface area (Å²) in [6, 6.07) is 11.0. The van der Waals surface area contributed by atoms with E-state index in [4.69, 9.17) is 32.7 Å². The van der Waals surface area contributed by atoms with E-state index in [1.165, 1.54) is 50.1 Å². The van der Waals surface area contributed by atoms with Gasteiger partial charge in [-0.25, -0.2) is 55.4 Å². The average Bonchev–Trinajstić information content (AvgIpc) is 3.59. The van der Waals surface area contributed by atoms with Crippen LogP contribution in [0.4, 0.5) is 27.6 Å². The quantitative estimate of drug-likeness (QED) is 0.0577. The van der Waals surface area contributed by atoms with E-state index < -0.39 is 97.4 Å². The number of nitrogens with zero attached hydrogens (tertiary/aromatic N) is 6. The molecule has 14 nitrogen and oxygen atoms in total. The topological polar surface area (TPSA) is 160 Å². The van der Waals surface area contributed by atoms with Crippen LogP contribution in [0.1, 0.15) is 29.6 Å². The van der Waals surface area contributed by atoms with Crippen LogP contribution in [0.3, 0.4) is 0 Å². The number of hydrogen-bond acceptors (Lipinski definition) is 9. The summed E-state index contributed by atoms with van der Waals surface area (Å²) < 4.78 is 89.1. The fourth-order valence-electron chi connectivity index (χ4n) is 9.01. The minimum atomic E-state index is -2.86. The number of carbonyl (C=O) groups excluding carboxylic acids is 2. The Morgan fingerprint density at radius 2 is 1.50 bits per heavy atom. The number of allylic oxidation sites excluding steroid dienone is 2. The molecular formula is C41H29Cl2F5N6O8. The number of alkyl halides is 2. The summed E-state index contributed by atoms with van der Waals surface area (Å²) >= 11 is 14.4. The molecule has 4 heterocycles. The number of phenols is 1. The van der Waals surface area contributed by atoms with Gasteiger partial charge in [0.15, 0.2) is 44.5 Å². The van der Waals surface area contributed by atoms with Gasteiger partial charge in [0.1, 0.15) is 17.1 Å². The number of amides is 2. The molecule has 3 aliphatic rings. The number of phenolic OH excluding ortho intramolecular Hbond substituents is 1. The maximum absolute atomic E-state index is 15.4. The third-order valence-electron chi connectivity index (χ3n) is 12.0. The fourth-order valence-corrected chi connectivity index (χ4v) is 9.91. The SMILES string of the molecule is COc1cc2nc(CCn3c(=O)n4n(c3=O)[C@@H]3C[C@@]5(Cl)C(=O)N(c6c(F)c(F)c(F)c(F)c6F)C(=O)[C@@]5(Cl)[C@@H](c5ccc6ccccc6c5O)C3=CC4)c(=O)n(C)c2cc1OC. The molecule has 4 aromatic carbocycles. The highest BCUT2D eigenvalue weighted by atomic mass is 35.5. The van der Waals surface area contributed by atoms with Gasteiger partial charge in [-0.05, 0) is 11.0 Å². The smallest absolute Gasteiger partial charge is 0.347 e. The standard InChI is InChI=1S/C41H29Cl2F5N6O8/c1-50-23-15-26(62-3)25(61-2)14-22(23)49-21(35(50)56)11-12-51-38(59)52-13-10-19-24(54(52)39(51)60)16-40(42)36(57)53(33-31(47)29(45)28(44)30(46)32(33)48)37(58)41(40,43)27(19)20-9-8-17-6-4-5-7-18(17)34(20)55/h4-10,14-15,24,27,55H,11-13,16H2,1-3H3/t24-,27-,40-,41+/m1/s1. The van der Waals surface area contributed by atoms with Gasteiger partial charge in [0.05, 0.1) is 37.8 Å². The van der Waals surface area contributed by atoms with Gasteiger partial charge in [-0.15, -0.1) is 23.2 Å². The minimum Gasteiger partial charge on any atom is -0.507 e. The van der Waals surface area contributed by atoms with Gasteiger partial charge >= 0.3 is 11.4 Å². The predicted molar refractivity (Wildman–Crippen MR) is 213 cm³/mol. The molecule has 0 radical (unpaired) electrons. The second-order valence-electron chi connectivity index (χ2n) is 15.0. The Hall–Kier alpha value is -6.47. The van der Waals surface area contributed by atoms with E-state index in [1.807, 2.05) is 0 Å². The molecule has 1 saturated carbocycles. The average molecular weight is 900 g/mol. The van der Waals surface area contributed by atoms with Crippen LogP contribution in [0.25, 0.3) is 21.8 Å². The molecule has 6 aromatic rings. The Kier molecular flexibility index (Phi) is 9.26. The third-order valence-corrected chi connectivity index (χ3v) is 13.4. The highest BCUT2D eigenvalue weighted by Gasteiger charge is 2.76. The number of aromatic nitrogens is 5. The molecule has 2 aromatic heterocycles. The van der Waals surface area contributed by atoms with Crippen LogP contribution in [0.2, 0.25) is 0 Å². The van der Waals surface area contributed by atoms with Crippen molar-refractivity contribution < 1.29 is 46.1 Å². The van der Waals surface area contributed by atoms with Crippen molar-refractivity contribution in [2.45, 2.75) is 47.6 Å². The molecule has 0 unspecified atom stereocenters. The highest BCUT2D eigenvalue weighted by molar-refractivity contribution is 6.58. The lowest BCUT2D eigenvalue weighted by Gasteiger charge is -2.49. The number of aromatic hydroxyl groups is 1. The molecule has 4 atom stereocenters. The summed E-state index contributed by atoms with van der Waals surface area (Å²) in [6.07, 6.45) is 0.340. The van der Waals surface area contributed by atoms with Crippen LogP contribution >= 0.6 is 23.2 Å². The van der Waals surface area contributed by atoms with Crippen molar-refractivity contribution in [3.63, 3.8) is 0 Å². The van der Waals surface area contributed by atoms with E-state index in [9.17, 15) is 42.3 Å². The van der Waals surface area contributed by atoms with E-state index in [1.54, 1.807) is 30.3 Å². The molecule has 1 aliphatic carbocycles. The first-order valence-electron chi connectivity index (χ1n) is 18.6. The summed E-state index contributed by atoms with van der Waals surface area (Å²) in [5.41, 5.74) is -3.71. The lowest BCUT2D eigenvalue weighted by molar-refractivity contribution is -0.122. The van der Waals surface area contributed by atoms with Crippen molar-refractivity contribution in [3.8, 4) is 17.2 Å².